The van der Waals surface area contributed by atoms with Crippen molar-refractivity contribution in [3.63, 3.8) is 0 Å². The van der Waals surface area contributed by atoms with Gasteiger partial charge in [-0.05, 0) is 76.2 Å². The lowest BCUT2D eigenvalue weighted by molar-refractivity contribution is -0.134. The van der Waals surface area contributed by atoms with Crippen LogP contribution in [0.15, 0.2) is 42.7 Å². The molecule has 0 aliphatic carbocycles. The maximum atomic E-state index is 14.6. The molecule has 0 unspecified atom stereocenters. The van der Waals surface area contributed by atoms with Crippen molar-refractivity contribution in [2.75, 3.05) is 69.0 Å². The number of nitrogens with zero attached hydrogens (tertiary/aromatic N) is 5. The van der Waals surface area contributed by atoms with E-state index in [-0.39, 0.29) is 11.6 Å². The van der Waals surface area contributed by atoms with Gasteiger partial charge in [0.25, 0.3) is 11.8 Å². The normalized spacial score (nSPS) is 18.3. The molecule has 1 aromatic heterocycles. The molecule has 2 fully saturated rings. The summed E-state index contributed by atoms with van der Waals surface area (Å²) in [7, 11) is 5.31. The third kappa shape index (κ3) is 7.69. The number of likely N-dealkylation sites (N-methyl/N-ethyl adjacent to an activating group) is 2. The summed E-state index contributed by atoms with van der Waals surface area (Å²) in [6, 6.07) is 9.51. The first-order valence-corrected chi connectivity index (χ1v) is 16.6. The van der Waals surface area contributed by atoms with E-state index < -0.39 is 35.4 Å². The van der Waals surface area contributed by atoms with E-state index in [2.05, 4.69) is 60.2 Å². The standard InChI is InChI=1S/C35H49N9O4/c1-22(36-5)32(45)41-30(35(2,3)4)34(47)44(33(46)26-9-8-14-37-26)28-19-25-27(20-29(28)48-7)38-21-39-31(25)40-23-10-12-24(13-11-23)43-17-15-42(6)16-18-43/h10-13,19-22,26,30,36-37H,8-9,14-18H2,1-7H3,(H,41,45)(H,38,39,40)/t22-,26-,30+/m0/s1. The van der Waals surface area contributed by atoms with Gasteiger partial charge in [0.15, 0.2) is 0 Å². The van der Waals surface area contributed by atoms with E-state index >= 15 is 0 Å². The first-order chi connectivity index (χ1) is 22.9. The second kappa shape index (κ2) is 14.8. The molecule has 0 saturated carbocycles. The number of aromatic nitrogens is 2. The number of amides is 3. The Bertz CT molecular complexity index is 1610. The van der Waals surface area contributed by atoms with Gasteiger partial charge in [0.2, 0.25) is 5.91 Å². The largest absolute Gasteiger partial charge is 0.494 e. The first kappa shape index (κ1) is 35.0. The third-order valence-corrected chi connectivity index (χ3v) is 9.20. The van der Waals surface area contributed by atoms with Crippen molar-refractivity contribution in [3.8, 4) is 5.75 Å². The van der Waals surface area contributed by atoms with E-state index in [1.807, 2.05) is 32.9 Å². The fourth-order valence-electron chi connectivity index (χ4n) is 6.04. The number of nitrogens with one attached hydrogen (secondary N) is 4. The van der Waals surface area contributed by atoms with Crippen molar-refractivity contribution in [1.82, 2.24) is 30.8 Å². The molecule has 2 aromatic carbocycles. The Hall–Kier alpha value is -4.33. The van der Waals surface area contributed by atoms with Gasteiger partial charge < -0.3 is 35.8 Å². The monoisotopic (exact) mass is 659 g/mol. The number of carbonyl (C=O) groups is 3. The molecule has 3 amide bonds. The van der Waals surface area contributed by atoms with Crippen molar-refractivity contribution in [2.24, 2.45) is 5.41 Å². The van der Waals surface area contributed by atoms with Crippen LogP contribution in [-0.4, -0.2) is 105 Å². The van der Waals surface area contributed by atoms with E-state index in [1.165, 1.54) is 18.3 Å². The van der Waals surface area contributed by atoms with Crippen molar-refractivity contribution in [3.05, 3.63) is 42.7 Å². The lowest BCUT2D eigenvalue weighted by Crippen LogP contribution is -2.60. The zero-order valence-electron chi connectivity index (χ0n) is 29.1. The Morgan fingerprint density at radius 3 is 2.38 bits per heavy atom. The molecule has 13 nitrogen and oxygen atoms in total. The molecule has 4 N–H and O–H groups in total. The number of hydrogen-bond acceptors (Lipinski definition) is 11. The maximum Gasteiger partial charge on any atom is 0.257 e. The van der Waals surface area contributed by atoms with Crippen LogP contribution in [-0.2, 0) is 14.4 Å². The molecule has 0 bridgehead atoms. The zero-order chi connectivity index (χ0) is 34.6. The van der Waals surface area contributed by atoms with E-state index in [9.17, 15) is 14.4 Å². The van der Waals surface area contributed by atoms with Gasteiger partial charge in [-0.15, -0.1) is 0 Å². The molecule has 258 valence electrons. The van der Waals surface area contributed by atoms with E-state index in [0.717, 1.165) is 44.0 Å². The highest BCUT2D eigenvalue weighted by atomic mass is 16.5. The Labute approximate surface area is 282 Å². The Kier molecular flexibility index (Phi) is 10.8. The van der Waals surface area contributed by atoms with Gasteiger partial charge in [-0.2, -0.15) is 0 Å². The number of piperazine rings is 1. The molecular formula is C35H49N9O4. The number of hydrogen-bond donors (Lipinski definition) is 4. The van der Waals surface area contributed by atoms with Gasteiger partial charge in [-0.1, -0.05) is 20.8 Å². The van der Waals surface area contributed by atoms with Crippen LogP contribution in [0.2, 0.25) is 0 Å². The second-order valence-corrected chi connectivity index (χ2v) is 13.7. The van der Waals surface area contributed by atoms with Crippen LogP contribution in [0.25, 0.3) is 10.9 Å². The maximum absolute atomic E-state index is 14.6. The van der Waals surface area contributed by atoms with Crippen LogP contribution in [0.5, 0.6) is 5.75 Å². The number of fused-ring (bicyclic) bond motifs is 1. The first-order valence-electron chi connectivity index (χ1n) is 16.6. The lowest BCUT2D eigenvalue weighted by Gasteiger charge is -2.36. The molecule has 0 spiro atoms. The minimum Gasteiger partial charge on any atom is -0.494 e. The van der Waals surface area contributed by atoms with Gasteiger partial charge in [0, 0.05) is 49.0 Å². The molecule has 48 heavy (non-hydrogen) atoms. The van der Waals surface area contributed by atoms with Crippen molar-refractivity contribution < 1.29 is 19.1 Å². The van der Waals surface area contributed by atoms with E-state index in [1.54, 1.807) is 26.1 Å². The molecule has 2 aliphatic rings. The summed E-state index contributed by atoms with van der Waals surface area (Å²) >= 11 is 0. The molecule has 3 atom stereocenters. The van der Waals surface area contributed by atoms with E-state index in [0.29, 0.717) is 35.4 Å². The van der Waals surface area contributed by atoms with Crippen LogP contribution < -0.4 is 35.8 Å². The summed E-state index contributed by atoms with van der Waals surface area (Å²) in [6.07, 6.45) is 2.86. The molecule has 3 aromatic rings. The zero-order valence-corrected chi connectivity index (χ0v) is 29.1. The van der Waals surface area contributed by atoms with Gasteiger partial charge in [0.1, 0.15) is 23.9 Å². The highest BCUT2D eigenvalue weighted by Crippen LogP contribution is 2.38. The van der Waals surface area contributed by atoms with Gasteiger partial charge in [0.05, 0.1) is 30.4 Å². The third-order valence-electron chi connectivity index (χ3n) is 9.20. The molecule has 3 heterocycles. The highest BCUT2D eigenvalue weighted by molar-refractivity contribution is 6.20. The van der Waals surface area contributed by atoms with Crippen LogP contribution in [0, 0.1) is 5.41 Å². The summed E-state index contributed by atoms with van der Waals surface area (Å²) in [4.78, 5) is 56.8. The second-order valence-electron chi connectivity index (χ2n) is 13.7. The van der Waals surface area contributed by atoms with E-state index in [4.69, 9.17) is 4.74 Å². The topological polar surface area (TPSA) is 144 Å². The number of carbonyl (C=O) groups excluding carboxylic acids is 3. The van der Waals surface area contributed by atoms with Crippen molar-refractivity contribution in [1.29, 1.82) is 0 Å². The lowest BCUT2D eigenvalue weighted by atomic mass is 9.85. The highest BCUT2D eigenvalue weighted by Gasteiger charge is 2.42. The summed E-state index contributed by atoms with van der Waals surface area (Å²) in [5.41, 5.74) is 2.09. The minimum atomic E-state index is -1.02. The van der Waals surface area contributed by atoms with Crippen LogP contribution in [0.1, 0.15) is 40.5 Å². The number of imide groups is 1. The Morgan fingerprint density at radius 1 is 1.06 bits per heavy atom. The minimum absolute atomic E-state index is 0.252. The molecule has 2 saturated heterocycles. The predicted octanol–water partition coefficient (Wildman–Crippen LogP) is 2.88. The number of rotatable bonds is 10. The summed E-state index contributed by atoms with van der Waals surface area (Å²) in [6.45, 7) is 12.0. The molecular weight excluding hydrogens is 610 g/mol. The average molecular weight is 660 g/mol. The summed E-state index contributed by atoms with van der Waals surface area (Å²) in [5.74, 6) is -0.502. The Morgan fingerprint density at radius 2 is 1.77 bits per heavy atom. The smallest absolute Gasteiger partial charge is 0.257 e. The quantitative estimate of drug-likeness (QED) is 0.255. The number of methoxy groups -OCH3 is 1. The van der Waals surface area contributed by atoms with Gasteiger partial charge in [-0.3, -0.25) is 14.4 Å². The molecule has 2 aliphatic heterocycles. The van der Waals surface area contributed by atoms with Crippen molar-refractivity contribution in [2.45, 2.75) is 58.7 Å². The number of ether oxygens (including phenoxy) is 1. The van der Waals surface area contributed by atoms with Crippen LogP contribution in [0.4, 0.5) is 22.9 Å². The van der Waals surface area contributed by atoms with Gasteiger partial charge >= 0.3 is 0 Å². The Balaban J connectivity index is 1.54. The fourth-order valence-corrected chi connectivity index (χ4v) is 6.04. The molecule has 0 radical (unpaired) electrons. The molecule has 5 rings (SSSR count). The predicted molar refractivity (Wildman–Crippen MR) is 189 cm³/mol. The van der Waals surface area contributed by atoms with Crippen LogP contribution >= 0.6 is 0 Å². The fraction of sp³-hybridized carbons (Fsp3) is 0.514. The molecule has 13 heteroatoms. The average Bonchev–Trinajstić information content (AvgIpc) is 3.62. The number of anilines is 4. The summed E-state index contributed by atoms with van der Waals surface area (Å²) < 4.78 is 5.78. The summed E-state index contributed by atoms with van der Waals surface area (Å²) in [5, 5.41) is 13.1. The SMILES string of the molecule is CN[C@@H](C)C(=O)N[C@H](C(=O)N(C(=O)[C@@H]1CCCN1)c1cc2c(Nc3ccc(N4CCN(C)CC4)cc3)ncnc2cc1OC)C(C)(C)C. The number of benzene rings is 2. The van der Waals surface area contributed by atoms with Gasteiger partial charge in [-0.25, -0.2) is 14.9 Å². The van der Waals surface area contributed by atoms with Crippen molar-refractivity contribution >= 4 is 51.5 Å². The van der Waals surface area contributed by atoms with Crippen LogP contribution in [0.3, 0.4) is 0 Å².